The lowest BCUT2D eigenvalue weighted by Gasteiger charge is -2.60. The molecule has 4 aliphatic rings. The number of hydrogen-bond donors (Lipinski definition) is 1. The zero-order valence-corrected chi connectivity index (χ0v) is 29.0. The number of carbonyl (C=O) groups is 2. The Bertz CT molecular complexity index is 2150. The molecule has 0 saturated heterocycles. The number of allylic oxidation sites excluding steroid dienone is 1. The van der Waals surface area contributed by atoms with Crippen molar-refractivity contribution >= 4 is 36.8 Å². The number of aromatic nitrogens is 2. The second kappa shape index (κ2) is 11.2. The van der Waals surface area contributed by atoms with Crippen molar-refractivity contribution in [2.24, 2.45) is 28.6 Å². The van der Waals surface area contributed by atoms with Crippen molar-refractivity contribution in [1.82, 2.24) is 9.78 Å². The summed E-state index contributed by atoms with van der Waals surface area (Å²) in [6.07, 6.45) is 7.68. The summed E-state index contributed by atoms with van der Waals surface area (Å²) in [6.45, 7) is 3.88. The molecule has 0 radical (unpaired) electrons. The van der Waals surface area contributed by atoms with Gasteiger partial charge >= 0.3 is 5.97 Å². The normalized spacial score (nSPS) is 32.1. The monoisotopic (exact) mass is 707 g/mol. The third-order valence-corrected chi connectivity index (χ3v) is 14.4. The summed E-state index contributed by atoms with van der Waals surface area (Å²) in [7, 11) is -7.99. The van der Waals surface area contributed by atoms with Gasteiger partial charge in [-0.2, -0.15) is 10.4 Å². The van der Waals surface area contributed by atoms with Gasteiger partial charge < -0.3 is 14.3 Å². The first-order valence-electron chi connectivity index (χ1n) is 16.2. The maximum Gasteiger partial charge on any atom is 0.375 e. The number of esters is 1. The number of fused-ring (bicyclic) bond motifs is 6. The fraction of sp³-hybridized carbons (Fsp3) is 0.486. The third-order valence-electron chi connectivity index (χ3n) is 11.9. The summed E-state index contributed by atoms with van der Waals surface area (Å²) in [5, 5.41) is 24.7. The highest BCUT2D eigenvalue weighted by Crippen LogP contribution is 2.68. The number of nitriles is 1. The van der Waals surface area contributed by atoms with Gasteiger partial charge in [-0.05, 0) is 110 Å². The summed E-state index contributed by atoms with van der Waals surface area (Å²) in [4.78, 5) is 27.6. The van der Waals surface area contributed by atoms with E-state index >= 15 is 0 Å². The molecule has 14 heteroatoms. The minimum absolute atomic E-state index is 0.0136. The van der Waals surface area contributed by atoms with Crippen LogP contribution in [0.1, 0.15) is 67.8 Å². The van der Waals surface area contributed by atoms with Crippen LogP contribution in [0.4, 0.5) is 0 Å². The van der Waals surface area contributed by atoms with E-state index in [-0.39, 0.29) is 41.3 Å². The summed E-state index contributed by atoms with van der Waals surface area (Å²) >= 11 is 0. The van der Waals surface area contributed by atoms with E-state index in [1.165, 1.54) is 18.4 Å². The second-order valence-corrected chi connectivity index (χ2v) is 18.4. The Morgan fingerprint density at radius 3 is 2.53 bits per heavy atom. The van der Waals surface area contributed by atoms with Crippen LogP contribution < -0.4 is 0 Å². The molecule has 7 atom stereocenters. The van der Waals surface area contributed by atoms with Crippen molar-refractivity contribution < 1.29 is 40.7 Å². The molecule has 2 heterocycles. The molecule has 4 aliphatic carbocycles. The van der Waals surface area contributed by atoms with Gasteiger partial charge in [0.2, 0.25) is 15.6 Å². The van der Waals surface area contributed by atoms with E-state index in [1.54, 1.807) is 48.1 Å². The third kappa shape index (κ3) is 4.95. The Balaban J connectivity index is 1.24. The maximum atomic E-state index is 14.0. The minimum Gasteiger partial charge on any atom is -0.457 e. The van der Waals surface area contributed by atoms with Crippen molar-refractivity contribution in [3.05, 3.63) is 71.4 Å². The lowest BCUT2D eigenvalue weighted by molar-refractivity contribution is -0.175. The van der Waals surface area contributed by atoms with Crippen LogP contribution in [-0.2, 0) is 35.6 Å². The first-order valence-corrected chi connectivity index (χ1v) is 19.8. The Labute approximate surface area is 284 Å². The van der Waals surface area contributed by atoms with Crippen molar-refractivity contribution in [1.29, 1.82) is 5.26 Å². The fourth-order valence-electron chi connectivity index (χ4n) is 9.76. The highest BCUT2D eigenvalue weighted by molar-refractivity contribution is 8.06. The molecule has 0 unspecified atom stereocenters. The van der Waals surface area contributed by atoms with Crippen molar-refractivity contribution in [2.75, 3.05) is 12.0 Å². The van der Waals surface area contributed by atoms with Gasteiger partial charge in [0.15, 0.2) is 15.4 Å². The molecule has 49 heavy (non-hydrogen) atoms. The van der Waals surface area contributed by atoms with Crippen LogP contribution in [-0.4, -0.2) is 66.5 Å². The Hall–Kier alpha value is -4.06. The van der Waals surface area contributed by atoms with Crippen LogP contribution in [0.3, 0.4) is 0 Å². The number of hydrogen-bond acceptors (Lipinski definition) is 11. The molecule has 0 bridgehead atoms. The molecular weight excluding hydrogens is 671 g/mol. The number of nitrogens with zero attached hydrogens (tertiary/aromatic N) is 3. The van der Waals surface area contributed by atoms with Gasteiger partial charge in [0.25, 0.3) is 5.12 Å². The first kappa shape index (κ1) is 33.4. The Kier molecular flexibility index (Phi) is 7.66. The number of rotatable bonds is 6. The van der Waals surface area contributed by atoms with Crippen molar-refractivity contribution in [3.63, 3.8) is 0 Å². The fourth-order valence-corrected chi connectivity index (χ4v) is 11.6. The second-order valence-electron chi connectivity index (χ2n) is 14.5. The van der Waals surface area contributed by atoms with Crippen LogP contribution in [0, 0.1) is 39.9 Å². The number of aliphatic hydroxyl groups excluding tert-OH is 1. The molecule has 0 spiro atoms. The van der Waals surface area contributed by atoms with Gasteiger partial charge in [-0.3, -0.25) is 4.79 Å². The van der Waals surface area contributed by atoms with Crippen molar-refractivity contribution in [2.45, 2.75) is 69.0 Å². The molecule has 258 valence electrons. The summed E-state index contributed by atoms with van der Waals surface area (Å²) in [5.41, 5.74) is -0.0867. The average molecular weight is 708 g/mol. The zero-order valence-electron chi connectivity index (χ0n) is 27.3. The molecule has 3 saturated carbocycles. The van der Waals surface area contributed by atoms with Crippen LogP contribution in [0.25, 0.3) is 11.8 Å². The lowest BCUT2D eigenvalue weighted by Crippen LogP contribution is -2.64. The van der Waals surface area contributed by atoms with Crippen molar-refractivity contribution in [3.8, 4) is 11.8 Å². The van der Waals surface area contributed by atoms with E-state index in [9.17, 15) is 36.8 Å². The highest BCUT2D eigenvalue weighted by Gasteiger charge is 2.72. The van der Waals surface area contributed by atoms with Gasteiger partial charge in [-0.1, -0.05) is 19.4 Å². The van der Waals surface area contributed by atoms with E-state index in [0.717, 1.165) is 28.8 Å². The number of ether oxygens (including phenoxy) is 1. The number of carbonyl (C=O) groups excluding carboxylic acids is 2. The number of aliphatic hydroxyl groups is 1. The predicted molar refractivity (Wildman–Crippen MR) is 175 cm³/mol. The lowest BCUT2D eigenvalue weighted by atomic mass is 9.45. The molecule has 7 rings (SSSR count). The van der Waals surface area contributed by atoms with Gasteiger partial charge in [-0.15, -0.1) is 0 Å². The maximum absolute atomic E-state index is 14.0. The van der Waals surface area contributed by atoms with Gasteiger partial charge in [0.05, 0.1) is 40.9 Å². The number of benzene rings is 1. The molecule has 3 fully saturated rings. The summed E-state index contributed by atoms with van der Waals surface area (Å²) in [5.74, 6) is -2.83. The Morgan fingerprint density at radius 2 is 1.88 bits per heavy atom. The van der Waals surface area contributed by atoms with Gasteiger partial charge in [0, 0.05) is 11.7 Å². The number of furan rings is 1. The molecule has 3 aromatic rings. The quantitative estimate of drug-likeness (QED) is 0.364. The molecule has 1 aromatic carbocycles. The van der Waals surface area contributed by atoms with Crippen LogP contribution >= 0.6 is 0 Å². The van der Waals surface area contributed by atoms with E-state index < -0.39 is 59.0 Å². The largest absolute Gasteiger partial charge is 0.457 e. The van der Waals surface area contributed by atoms with E-state index in [2.05, 4.69) is 18.1 Å². The minimum atomic E-state index is -4.63. The highest BCUT2D eigenvalue weighted by atomic mass is 32.2. The molecule has 0 amide bonds. The standard InChI is InChI=1S/C35H37N3O9S2/c1-33-18-21-20-37-38(23-7-9-24(10-8-23)48(3,42)43)27(21)17-22(33)6-11-25-26-12-13-35(32(41)49(44,45)16-14-36,34(26,2)19-28(39)30(25)33)47-31(40)29-5-4-15-46-29/h4-5,7-10,15,17,20,25-26,28,30,39H,6,11-13,16,18-19H2,1-3H3/t25-,26-,28-,30+,33-,34-,35-/m0/s1. The first-order chi connectivity index (χ1) is 23.1. The van der Waals surface area contributed by atoms with Gasteiger partial charge in [0.1, 0.15) is 5.75 Å². The van der Waals surface area contributed by atoms with Crippen LogP contribution in [0.5, 0.6) is 0 Å². The molecular formula is C35H37N3O9S2. The molecule has 1 N–H and O–H groups in total. The van der Waals surface area contributed by atoms with Crippen LogP contribution in [0.15, 0.2) is 63.7 Å². The molecule has 12 nitrogen and oxygen atoms in total. The smallest absolute Gasteiger partial charge is 0.375 e. The number of sulfone groups is 2. The Morgan fingerprint density at radius 1 is 1.14 bits per heavy atom. The topological polar surface area (TPSA) is 187 Å². The van der Waals surface area contributed by atoms with E-state index in [1.807, 2.05) is 0 Å². The van der Waals surface area contributed by atoms with Gasteiger partial charge in [-0.25, -0.2) is 26.3 Å². The average Bonchev–Trinajstić information content (AvgIpc) is 3.77. The van der Waals surface area contributed by atoms with Crippen LogP contribution in [0.2, 0.25) is 0 Å². The summed E-state index contributed by atoms with van der Waals surface area (Å²) in [6, 6.07) is 11.0. The van der Waals surface area contributed by atoms with E-state index in [4.69, 9.17) is 9.15 Å². The molecule has 2 aromatic heterocycles. The molecule has 0 aliphatic heterocycles. The SMILES string of the molecule is C[C@]12Cc3cnn(-c4ccc(S(C)(=O)=O)cc4)c3C=C1CC[C@@H]1[C@@H]2[C@@H](O)C[C@@]2(C)[C@H]1CC[C@]2(OC(=O)c1ccco1)C(=O)S(=O)(=O)CC#N. The predicted octanol–water partition coefficient (Wildman–Crippen LogP) is 4.08. The summed E-state index contributed by atoms with van der Waals surface area (Å²) < 4.78 is 63.3. The van der Waals surface area contributed by atoms with E-state index in [0.29, 0.717) is 25.7 Å². The zero-order chi connectivity index (χ0) is 35.1.